The van der Waals surface area contributed by atoms with Crippen LogP contribution in [-0.4, -0.2) is 14.5 Å². The van der Waals surface area contributed by atoms with Crippen LogP contribution in [0.5, 0.6) is 0 Å². The van der Waals surface area contributed by atoms with Crippen LogP contribution in [0.3, 0.4) is 0 Å². The molecule has 0 N–H and O–H groups in total. The van der Waals surface area contributed by atoms with Gasteiger partial charge in [-0.05, 0) is 0 Å². The Kier molecular flexibility index (Phi) is 7.59. The second-order valence-corrected chi connectivity index (χ2v) is 19.1. The second-order valence-electron chi connectivity index (χ2n) is 15.9. The standard InChI is InChI=1S/C58H34SSe/c1-2-15-35(16-3-1)54-39-18-4-6-20-41(39)56(42-21-7-5-19-40(42)54)37-30-32-53-50(34-37)47-26-14-27-48(58(47)60-53)57-45-24-10-8-22-43(45)55(44-23-9-11-25-46(44)57)36-29-31-52-49(33-36)38-17-12-13-28-51(38)59-52/h1-34H. The van der Waals surface area contributed by atoms with E-state index >= 15 is 0 Å². The molecule has 0 amide bonds. The van der Waals surface area contributed by atoms with Crippen LogP contribution in [-0.2, 0) is 0 Å². The molecule has 2 aromatic heterocycles. The van der Waals surface area contributed by atoms with Crippen LogP contribution in [0.15, 0.2) is 206 Å². The van der Waals surface area contributed by atoms with Gasteiger partial charge in [0.2, 0.25) is 0 Å². The third kappa shape index (κ3) is 5.03. The fraction of sp³-hybridized carbons (Fsp3) is 0. The van der Waals surface area contributed by atoms with Crippen molar-refractivity contribution in [2.24, 2.45) is 0 Å². The number of benzene rings is 11. The summed E-state index contributed by atoms with van der Waals surface area (Å²) >= 11 is 2.03. The van der Waals surface area contributed by atoms with Crippen LogP contribution in [0.1, 0.15) is 0 Å². The summed E-state index contributed by atoms with van der Waals surface area (Å²) in [6.07, 6.45) is 0. The van der Waals surface area contributed by atoms with Gasteiger partial charge in [-0.2, -0.15) is 0 Å². The van der Waals surface area contributed by atoms with Gasteiger partial charge in [-0.3, -0.25) is 0 Å². The second kappa shape index (κ2) is 13.4. The van der Waals surface area contributed by atoms with Gasteiger partial charge in [0, 0.05) is 0 Å². The molecular weight excluding hydrogens is 808 g/mol. The zero-order valence-corrected chi connectivity index (χ0v) is 35.0. The normalized spacial score (nSPS) is 12.0. The van der Waals surface area contributed by atoms with E-state index in [1.807, 2.05) is 11.3 Å². The summed E-state index contributed by atoms with van der Waals surface area (Å²) in [4.78, 5) is 0. The van der Waals surface area contributed by atoms with E-state index in [9.17, 15) is 0 Å². The molecule has 0 radical (unpaired) electrons. The first kappa shape index (κ1) is 34.1. The van der Waals surface area contributed by atoms with Crippen LogP contribution in [0.4, 0.5) is 0 Å². The summed E-state index contributed by atoms with van der Waals surface area (Å²) in [5, 5.41) is 15.8. The van der Waals surface area contributed by atoms with E-state index in [0.29, 0.717) is 0 Å². The van der Waals surface area contributed by atoms with Gasteiger partial charge in [0.05, 0.1) is 0 Å². The van der Waals surface area contributed by atoms with E-state index in [1.165, 1.54) is 127 Å². The van der Waals surface area contributed by atoms with Crippen LogP contribution in [0, 0.1) is 0 Å². The minimum atomic E-state index is 0.146. The summed E-state index contributed by atoms with van der Waals surface area (Å²) in [7, 11) is 0. The number of rotatable bonds is 4. The van der Waals surface area contributed by atoms with Crippen molar-refractivity contribution < 1.29 is 0 Å². The Labute approximate surface area is 357 Å². The molecule has 11 aromatic carbocycles. The number of fused-ring (bicyclic) bond motifs is 10. The molecule has 60 heavy (non-hydrogen) atoms. The van der Waals surface area contributed by atoms with Crippen LogP contribution < -0.4 is 0 Å². The summed E-state index contributed by atoms with van der Waals surface area (Å²) < 4.78 is 5.59. The Balaban J connectivity index is 1.05. The SMILES string of the molecule is c1ccc(-c2c3ccccc3c(-c3ccc4[se]c5c(-c6c7ccccc7c(-c7ccc8sc9ccccc9c8c7)c7ccccc67)cccc5c4c3)c3ccccc23)cc1. The first-order chi connectivity index (χ1) is 29.8. The van der Waals surface area contributed by atoms with Crippen LogP contribution >= 0.6 is 11.3 Å². The zero-order valence-electron chi connectivity index (χ0n) is 32.4. The summed E-state index contributed by atoms with van der Waals surface area (Å²) in [6.45, 7) is 0. The van der Waals surface area contributed by atoms with Crippen molar-refractivity contribution in [1.82, 2.24) is 0 Å². The average molecular weight is 842 g/mol. The van der Waals surface area contributed by atoms with Crippen molar-refractivity contribution in [3.8, 4) is 44.5 Å². The Hall–Kier alpha value is -6.80. The van der Waals surface area contributed by atoms with Crippen molar-refractivity contribution in [3.63, 3.8) is 0 Å². The maximum atomic E-state index is 2.49. The number of hydrogen-bond acceptors (Lipinski definition) is 1. The molecule has 2 heteroatoms. The minimum absolute atomic E-state index is 0.146. The molecule has 13 rings (SSSR count). The predicted molar refractivity (Wildman–Crippen MR) is 263 cm³/mol. The molecule has 0 fully saturated rings. The fourth-order valence-corrected chi connectivity index (χ4v) is 13.7. The molecular formula is C58H34SSe. The van der Waals surface area contributed by atoms with Gasteiger partial charge in [-0.25, -0.2) is 0 Å². The maximum absolute atomic E-state index is 2.49. The van der Waals surface area contributed by atoms with E-state index in [1.54, 1.807) is 0 Å². The van der Waals surface area contributed by atoms with E-state index < -0.39 is 0 Å². The van der Waals surface area contributed by atoms with Crippen LogP contribution in [0.25, 0.3) is 127 Å². The van der Waals surface area contributed by atoms with Gasteiger partial charge in [-0.1, -0.05) is 6.07 Å². The van der Waals surface area contributed by atoms with Gasteiger partial charge in [0.15, 0.2) is 0 Å². The molecule has 0 saturated carbocycles. The summed E-state index contributed by atoms with van der Waals surface area (Å²) in [5.41, 5.74) is 10.4. The fourth-order valence-electron chi connectivity index (χ4n) is 10.1. The Morgan fingerprint density at radius 2 is 0.700 bits per heavy atom. The molecule has 0 aliphatic heterocycles. The Morgan fingerprint density at radius 3 is 1.28 bits per heavy atom. The van der Waals surface area contributed by atoms with Gasteiger partial charge < -0.3 is 0 Å². The molecule has 0 atom stereocenters. The van der Waals surface area contributed by atoms with Gasteiger partial charge in [-0.15, -0.1) is 0 Å². The van der Waals surface area contributed by atoms with E-state index in [0.717, 1.165) is 0 Å². The van der Waals surface area contributed by atoms with Crippen molar-refractivity contribution >= 4 is 108 Å². The zero-order chi connectivity index (χ0) is 39.3. The first-order valence-electron chi connectivity index (χ1n) is 20.6. The molecule has 0 aliphatic rings. The van der Waals surface area contributed by atoms with Crippen molar-refractivity contribution in [1.29, 1.82) is 0 Å². The van der Waals surface area contributed by atoms with Gasteiger partial charge in [0.1, 0.15) is 0 Å². The number of hydrogen-bond donors (Lipinski definition) is 0. The third-order valence-electron chi connectivity index (χ3n) is 12.6. The molecule has 278 valence electrons. The van der Waals surface area contributed by atoms with E-state index in [-0.39, 0.29) is 14.5 Å². The Bertz CT molecular complexity index is 3770. The quantitative estimate of drug-likeness (QED) is 0.122. The van der Waals surface area contributed by atoms with E-state index in [2.05, 4.69) is 206 Å². The molecule has 2 heterocycles. The summed E-state index contributed by atoms with van der Waals surface area (Å²) in [5.74, 6) is 0. The van der Waals surface area contributed by atoms with Crippen molar-refractivity contribution in [3.05, 3.63) is 206 Å². The molecule has 0 saturated heterocycles. The monoisotopic (exact) mass is 842 g/mol. The van der Waals surface area contributed by atoms with Gasteiger partial charge >= 0.3 is 353 Å². The van der Waals surface area contributed by atoms with Crippen molar-refractivity contribution in [2.75, 3.05) is 0 Å². The molecule has 0 spiro atoms. The van der Waals surface area contributed by atoms with Crippen LogP contribution in [0.2, 0.25) is 0 Å². The Morgan fingerprint density at radius 1 is 0.267 bits per heavy atom. The molecule has 0 unspecified atom stereocenters. The first-order valence-corrected chi connectivity index (χ1v) is 23.1. The predicted octanol–water partition coefficient (Wildman–Crippen LogP) is 16.7. The molecule has 0 aliphatic carbocycles. The van der Waals surface area contributed by atoms with Crippen molar-refractivity contribution in [2.45, 2.75) is 0 Å². The summed E-state index contributed by atoms with van der Waals surface area (Å²) in [6, 6.07) is 77.3. The molecule has 0 bridgehead atoms. The topological polar surface area (TPSA) is 0 Å². The average Bonchev–Trinajstić information content (AvgIpc) is 3.88. The molecule has 0 nitrogen and oxygen atoms in total. The molecule has 13 aromatic rings. The third-order valence-corrected chi connectivity index (χ3v) is 16.4. The van der Waals surface area contributed by atoms with E-state index in [4.69, 9.17) is 0 Å². The van der Waals surface area contributed by atoms with Gasteiger partial charge in [0.25, 0.3) is 0 Å². The number of thiophene rings is 1.